The molecule has 4 aliphatic heterocycles. The third-order valence-electron chi connectivity index (χ3n) is 21.1. The lowest BCUT2D eigenvalue weighted by Crippen LogP contribution is -2.34. The van der Waals surface area contributed by atoms with E-state index < -0.39 is 0 Å². The van der Waals surface area contributed by atoms with Crippen molar-refractivity contribution in [2.75, 3.05) is 54.6 Å². The molecule has 0 amide bonds. The number of fused-ring (bicyclic) bond motifs is 4. The van der Waals surface area contributed by atoms with Crippen LogP contribution in [0.4, 0.5) is 0 Å². The van der Waals surface area contributed by atoms with Gasteiger partial charge in [0.1, 0.15) is 26.4 Å². The van der Waals surface area contributed by atoms with Crippen molar-refractivity contribution in [3.8, 4) is 46.0 Å². The highest BCUT2D eigenvalue weighted by atomic mass is 16.5. The van der Waals surface area contributed by atoms with Gasteiger partial charge in [0.05, 0.1) is 28.4 Å². The van der Waals surface area contributed by atoms with E-state index >= 15 is 0 Å². The summed E-state index contributed by atoms with van der Waals surface area (Å²) < 4.78 is 50.7. The van der Waals surface area contributed by atoms with Gasteiger partial charge in [-0.3, -0.25) is 0 Å². The van der Waals surface area contributed by atoms with Gasteiger partial charge < -0.3 is 59.2 Å². The van der Waals surface area contributed by atoms with Crippen molar-refractivity contribution in [3.05, 3.63) is 237 Å². The van der Waals surface area contributed by atoms with Crippen molar-refractivity contribution in [1.82, 2.24) is 21.3 Å². The fraction of sp³-hybridized carbons (Fsp3) is 0.407. The molecule has 1 saturated carbocycles. The Hall–Kier alpha value is -8.00. The third-order valence-corrected chi connectivity index (χ3v) is 21.1. The molecule has 8 aromatic carbocycles. The molecule has 12 heteroatoms. The summed E-state index contributed by atoms with van der Waals surface area (Å²) in [6.07, 6.45) is 15.8. The summed E-state index contributed by atoms with van der Waals surface area (Å²) in [5, 5.41) is 16.2. The summed E-state index contributed by atoms with van der Waals surface area (Å²) in [6, 6.07) is 60.6. The van der Waals surface area contributed by atoms with E-state index in [2.05, 4.69) is 191 Å². The minimum absolute atomic E-state index is 0.0598. The van der Waals surface area contributed by atoms with Crippen LogP contribution < -0.4 is 59.2 Å². The quantitative estimate of drug-likeness (QED) is 0.0374. The molecular formula is C81H94N4O8. The van der Waals surface area contributed by atoms with Crippen LogP contribution in [0, 0.1) is 10.8 Å². The molecule has 0 radical (unpaired) electrons. The molecule has 0 bridgehead atoms. The number of ether oxygens (including phenoxy) is 8. The Morgan fingerprint density at radius 2 is 0.548 bits per heavy atom. The number of rotatable bonds is 28. The molecule has 12 nitrogen and oxygen atoms in total. The average molecular weight is 1250 g/mol. The standard InChI is InChI=1S/C81H94N4O8/c1-86-72-43-60-29-39-82-68(64(60)47-76(72)90-51-56-17-9-5-10-18-56)25-33-80(34-26-69-65-48-77(91-52-57-19-11-6-12-20-57)73(87-2)44-61(65)30-40-83-69)37-38-81(55-80,35-27-70-66-49-78(92-53-58-21-13-7-14-22-58)74(88-3)45-62(66)31-41-84-70)36-28-71-67-50-79(93-54-59-23-15-8-16-24-59)75(89-4)46-63(67)32-42-85-71/h5-24,43-50,68-71,82-85H,25-42,51-55H2,1-4H3. The van der Waals surface area contributed by atoms with Crippen LogP contribution in [-0.2, 0) is 52.1 Å². The minimum Gasteiger partial charge on any atom is -0.493 e. The van der Waals surface area contributed by atoms with Gasteiger partial charge in [-0.05, 0) is 249 Å². The molecule has 4 N–H and O–H groups in total. The van der Waals surface area contributed by atoms with Gasteiger partial charge in [-0.2, -0.15) is 0 Å². The number of benzene rings is 8. The highest BCUT2D eigenvalue weighted by Gasteiger charge is 2.49. The summed E-state index contributed by atoms with van der Waals surface area (Å²) in [4.78, 5) is 0. The Balaban J connectivity index is 0.834. The summed E-state index contributed by atoms with van der Waals surface area (Å²) >= 11 is 0. The van der Waals surface area contributed by atoms with Crippen LogP contribution in [0.2, 0.25) is 0 Å². The van der Waals surface area contributed by atoms with Crippen LogP contribution in [0.25, 0.3) is 0 Å². The predicted octanol–water partition coefficient (Wildman–Crippen LogP) is 16.2. The fourth-order valence-corrected chi connectivity index (χ4v) is 16.1. The number of hydrogen-bond donors (Lipinski definition) is 4. The largest absolute Gasteiger partial charge is 0.493 e. The third kappa shape index (κ3) is 15.2. The van der Waals surface area contributed by atoms with Crippen LogP contribution in [0.15, 0.2) is 170 Å². The van der Waals surface area contributed by atoms with Crippen molar-refractivity contribution < 1.29 is 37.9 Å². The number of nitrogens with one attached hydrogen (secondary N) is 4. The van der Waals surface area contributed by atoms with Gasteiger partial charge >= 0.3 is 0 Å². The van der Waals surface area contributed by atoms with E-state index in [0.717, 1.165) is 178 Å². The van der Waals surface area contributed by atoms with Gasteiger partial charge in [-0.25, -0.2) is 0 Å². The first-order valence-corrected chi connectivity index (χ1v) is 34.2. The lowest BCUT2D eigenvalue weighted by Gasteiger charge is -2.40. The first kappa shape index (κ1) is 63.7. The second-order valence-corrected chi connectivity index (χ2v) is 26.8. The van der Waals surface area contributed by atoms with E-state index in [1.165, 1.54) is 57.3 Å². The second kappa shape index (κ2) is 30.0. The molecule has 13 rings (SSSR count). The van der Waals surface area contributed by atoms with Crippen LogP contribution in [0.1, 0.15) is 162 Å². The van der Waals surface area contributed by atoms with Gasteiger partial charge in [0.2, 0.25) is 0 Å². The van der Waals surface area contributed by atoms with E-state index in [1.54, 1.807) is 28.4 Å². The maximum atomic E-state index is 6.63. The zero-order valence-electron chi connectivity index (χ0n) is 55.0. The fourth-order valence-electron chi connectivity index (χ4n) is 16.1. The van der Waals surface area contributed by atoms with Crippen LogP contribution in [0.5, 0.6) is 46.0 Å². The topological polar surface area (TPSA) is 122 Å². The van der Waals surface area contributed by atoms with E-state index in [4.69, 9.17) is 37.9 Å². The van der Waals surface area contributed by atoms with Gasteiger partial charge in [-0.15, -0.1) is 0 Å². The smallest absolute Gasteiger partial charge is 0.162 e. The molecule has 1 fully saturated rings. The molecule has 4 heterocycles. The first-order valence-electron chi connectivity index (χ1n) is 34.2. The van der Waals surface area contributed by atoms with Gasteiger partial charge in [0.15, 0.2) is 46.0 Å². The summed E-state index contributed by atoms with van der Waals surface area (Å²) in [5.74, 6) is 6.37. The van der Waals surface area contributed by atoms with Crippen molar-refractivity contribution in [2.24, 2.45) is 10.8 Å². The van der Waals surface area contributed by atoms with Crippen LogP contribution in [0.3, 0.4) is 0 Å². The Morgan fingerprint density at radius 3 is 0.774 bits per heavy atom. The van der Waals surface area contributed by atoms with Crippen LogP contribution in [-0.4, -0.2) is 54.6 Å². The zero-order chi connectivity index (χ0) is 63.4. The van der Waals surface area contributed by atoms with Gasteiger partial charge in [-0.1, -0.05) is 121 Å². The van der Waals surface area contributed by atoms with Crippen molar-refractivity contribution in [3.63, 3.8) is 0 Å². The molecule has 0 saturated heterocycles. The molecule has 486 valence electrons. The predicted molar refractivity (Wildman–Crippen MR) is 369 cm³/mol. The number of hydrogen-bond acceptors (Lipinski definition) is 12. The molecule has 0 aromatic heterocycles. The first-order chi connectivity index (χ1) is 45.8. The van der Waals surface area contributed by atoms with Crippen molar-refractivity contribution in [2.45, 2.75) is 147 Å². The van der Waals surface area contributed by atoms with Crippen LogP contribution >= 0.6 is 0 Å². The molecule has 8 aromatic rings. The van der Waals surface area contributed by atoms with Gasteiger partial charge in [0.25, 0.3) is 0 Å². The molecule has 4 atom stereocenters. The summed E-state index contributed by atoms with van der Waals surface area (Å²) in [5.41, 5.74) is 15.4. The Labute approximate surface area is 551 Å². The zero-order valence-corrected chi connectivity index (χ0v) is 55.0. The lowest BCUT2D eigenvalue weighted by atomic mass is 9.68. The molecule has 0 spiro atoms. The maximum Gasteiger partial charge on any atom is 0.162 e. The SMILES string of the molecule is COc1cc2c(cc1OCc1ccccc1)C(CCC1(CCC3NCCc4cc(OC)c(OCc5ccccc5)cc43)CCC(CCC3NCCc4cc(OC)c(OCc5ccccc5)cc43)(CCC3NCCc4cc(OC)c(OCc5ccccc5)cc43)C1)NCC2. The Kier molecular flexibility index (Phi) is 20.5. The highest BCUT2D eigenvalue weighted by Crippen LogP contribution is 2.61. The van der Waals surface area contributed by atoms with Crippen molar-refractivity contribution >= 4 is 0 Å². The van der Waals surface area contributed by atoms with Crippen molar-refractivity contribution in [1.29, 1.82) is 0 Å². The van der Waals surface area contributed by atoms with E-state index in [1.807, 2.05) is 0 Å². The summed E-state index contributed by atoms with van der Waals surface area (Å²) in [7, 11) is 7.05. The Morgan fingerprint density at radius 1 is 0.312 bits per heavy atom. The minimum atomic E-state index is 0.0598. The normalized spacial score (nSPS) is 21.3. The molecule has 4 unspecified atom stereocenters. The highest BCUT2D eigenvalue weighted by molar-refractivity contribution is 5.53. The van der Waals surface area contributed by atoms with Gasteiger partial charge in [0, 0.05) is 24.2 Å². The molecule has 5 aliphatic rings. The molecule has 1 aliphatic carbocycles. The summed E-state index contributed by atoms with van der Waals surface area (Å²) in [6.45, 7) is 5.59. The molecular weight excluding hydrogens is 1160 g/mol. The lowest BCUT2D eigenvalue weighted by molar-refractivity contribution is 0.147. The maximum absolute atomic E-state index is 6.63. The van der Waals surface area contributed by atoms with E-state index in [9.17, 15) is 0 Å². The molecule has 93 heavy (non-hydrogen) atoms. The van der Waals surface area contributed by atoms with E-state index in [-0.39, 0.29) is 35.0 Å². The average Bonchev–Trinajstić information content (AvgIpc) is 1.81. The van der Waals surface area contributed by atoms with E-state index in [0.29, 0.717) is 26.4 Å². The second-order valence-electron chi connectivity index (χ2n) is 26.8. The monoisotopic (exact) mass is 1250 g/mol. The Bertz CT molecular complexity index is 3280. The number of methoxy groups -OCH3 is 4.